The molecule has 17 heavy (non-hydrogen) atoms. The maximum atomic E-state index is 12.0. The van der Waals surface area contributed by atoms with Crippen LogP contribution in [0.2, 0.25) is 0 Å². The molecule has 1 aromatic rings. The van der Waals surface area contributed by atoms with Crippen molar-refractivity contribution in [1.82, 2.24) is 0 Å². The van der Waals surface area contributed by atoms with Gasteiger partial charge in [0.05, 0.1) is 0 Å². The van der Waals surface area contributed by atoms with Gasteiger partial charge in [-0.3, -0.25) is 5.11 Å². The average Bonchev–Trinajstić information content (AvgIpc) is 2.61. The van der Waals surface area contributed by atoms with E-state index in [0.717, 1.165) is 12.0 Å². The first-order chi connectivity index (χ1) is 7.86. The number of thiol groups is 1. The molecule has 1 saturated carbocycles. The highest BCUT2D eigenvalue weighted by atomic mass is 32.1. The lowest BCUT2D eigenvalue weighted by Crippen LogP contribution is -2.33. The van der Waals surface area contributed by atoms with Gasteiger partial charge < -0.3 is 0 Å². The Kier molecular flexibility index (Phi) is 3.19. The normalized spacial score (nSPS) is 29.5. The molecule has 0 amide bonds. The molecule has 0 aromatic heterocycles. The zero-order valence-electron chi connectivity index (χ0n) is 10.9. The highest BCUT2D eigenvalue weighted by molar-refractivity contribution is 7.81. The van der Waals surface area contributed by atoms with Gasteiger partial charge >= 0.3 is 0 Å². The Labute approximate surface area is 110 Å². The number of para-hydroxylation sites is 1. The van der Waals surface area contributed by atoms with Crippen LogP contribution in [-0.2, 0) is 9.85 Å². The van der Waals surface area contributed by atoms with Gasteiger partial charge in [0.2, 0.25) is 0 Å². The van der Waals surface area contributed by atoms with E-state index in [2.05, 4.69) is 20.8 Å². The lowest BCUT2D eigenvalue weighted by atomic mass is 9.72. The molecule has 0 heterocycles. The van der Waals surface area contributed by atoms with Crippen molar-refractivity contribution < 1.29 is 5.11 Å². The van der Waals surface area contributed by atoms with Gasteiger partial charge in [0.15, 0.2) is 5.75 Å². The number of benzene rings is 1. The highest BCUT2D eigenvalue weighted by Crippen LogP contribution is 2.56. The van der Waals surface area contributed by atoms with Crippen LogP contribution in [0.3, 0.4) is 0 Å². The van der Waals surface area contributed by atoms with Gasteiger partial charge in [-0.1, -0.05) is 45.4 Å². The maximum Gasteiger partial charge on any atom is 0.183 e. The van der Waals surface area contributed by atoms with Crippen LogP contribution in [0, 0.1) is 11.3 Å². The Bertz CT molecular complexity index is 408. The monoisotopic (exact) mass is 249 g/mol. The van der Waals surface area contributed by atoms with E-state index in [0.29, 0.717) is 5.92 Å². The number of hydrogen-bond acceptors (Lipinski definition) is 1. The third-order valence-electron chi connectivity index (χ3n) is 4.03. The Balaban J connectivity index is 2.45. The molecule has 0 N–H and O–H groups in total. The molecule has 2 heteroatoms. The van der Waals surface area contributed by atoms with E-state index in [1.54, 1.807) is 6.07 Å². The lowest BCUT2D eigenvalue weighted by Gasteiger charge is -2.39. The van der Waals surface area contributed by atoms with Crippen molar-refractivity contribution in [2.24, 2.45) is 11.3 Å². The minimum absolute atomic E-state index is 0.138. The molecule has 2 atom stereocenters. The summed E-state index contributed by atoms with van der Waals surface area (Å²) in [5.41, 5.74) is 1.08. The van der Waals surface area contributed by atoms with Crippen LogP contribution in [0.25, 0.3) is 0 Å². The molecule has 93 valence electrons. The third-order valence-corrected chi connectivity index (χ3v) is 4.80. The second-order valence-corrected chi connectivity index (χ2v) is 7.03. The minimum atomic E-state index is -0.239. The quantitative estimate of drug-likeness (QED) is 0.690. The second kappa shape index (κ2) is 4.24. The van der Waals surface area contributed by atoms with Crippen LogP contribution < -0.4 is 0 Å². The molecule has 0 spiro atoms. The van der Waals surface area contributed by atoms with Crippen LogP contribution >= 0.6 is 12.6 Å². The topological polar surface area (TPSA) is 19.9 Å². The van der Waals surface area contributed by atoms with Crippen molar-refractivity contribution in [3.8, 4) is 5.75 Å². The Morgan fingerprint density at radius 1 is 1.29 bits per heavy atom. The summed E-state index contributed by atoms with van der Waals surface area (Å²) < 4.78 is -0.239. The summed E-state index contributed by atoms with van der Waals surface area (Å²) in [6, 6.07) is 7.38. The van der Waals surface area contributed by atoms with Crippen molar-refractivity contribution in [3.63, 3.8) is 0 Å². The fourth-order valence-corrected chi connectivity index (χ4v) is 4.14. The highest BCUT2D eigenvalue weighted by Gasteiger charge is 2.47. The smallest absolute Gasteiger partial charge is 0.183 e. The molecule has 0 saturated heterocycles. The molecular formula is C15H21OS. The molecule has 1 fully saturated rings. The standard InChI is InChI=1S/C15H21OS/c1-14(2,3)13-9-6-10-15(13,17)11-7-4-5-8-12(11)16/h4-5,7-8,13,17H,6,9-10H2,1-3H3. The first-order valence-electron chi connectivity index (χ1n) is 6.34. The fraction of sp³-hybridized carbons (Fsp3) is 0.600. The van der Waals surface area contributed by atoms with E-state index < -0.39 is 0 Å². The summed E-state index contributed by atoms with van der Waals surface area (Å²) >= 11 is 4.93. The summed E-state index contributed by atoms with van der Waals surface area (Å²) in [5, 5.41) is 12.0. The Morgan fingerprint density at radius 3 is 2.53 bits per heavy atom. The van der Waals surface area contributed by atoms with Crippen molar-refractivity contribution in [1.29, 1.82) is 0 Å². The van der Waals surface area contributed by atoms with Gasteiger partial charge in [0.1, 0.15) is 0 Å². The molecule has 1 aliphatic rings. The van der Waals surface area contributed by atoms with Gasteiger partial charge in [0, 0.05) is 10.3 Å². The number of hydrogen-bond donors (Lipinski definition) is 1. The minimum Gasteiger partial charge on any atom is -0.290 e. The van der Waals surface area contributed by atoms with E-state index in [4.69, 9.17) is 12.6 Å². The van der Waals surface area contributed by atoms with Gasteiger partial charge in [-0.2, -0.15) is 12.6 Å². The zero-order chi connectivity index (χ0) is 12.7. The Hall–Kier alpha value is -0.630. The molecule has 2 rings (SSSR count). The van der Waals surface area contributed by atoms with Crippen LogP contribution in [0.1, 0.15) is 45.6 Å². The summed E-state index contributed by atoms with van der Waals surface area (Å²) in [5.74, 6) is 0.604. The molecule has 1 aliphatic carbocycles. The molecular weight excluding hydrogens is 228 g/mol. The molecule has 1 nitrogen and oxygen atoms in total. The molecule has 0 aliphatic heterocycles. The van der Waals surface area contributed by atoms with Crippen molar-refractivity contribution in [2.45, 2.75) is 44.8 Å². The van der Waals surface area contributed by atoms with Crippen molar-refractivity contribution >= 4 is 12.6 Å². The van der Waals surface area contributed by atoms with Crippen LogP contribution in [0.15, 0.2) is 24.3 Å². The lowest BCUT2D eigenvalue weighted by molar-refractivity contribution is 0.203. The van der Waals surface area contributed by atoms with Gasteiger partial charge in [-0.25, -0.2) is 0 Å². The van der Waals surface area contributed by atoms with Gasteiger partial charge in [0.25, 0.3) is 0 Å². The third kappa shape index (κ3) is 2.20. The maximum absolute atomic E-state index is 12.0. The van der Waals surface area contributed by atoms with Crippen LogP contribution in [0.4, 0.5) is 0 Å². The predicted octanol–water partition coefficient (Wildman–Crippen LogP) is 4.80. The summed E-state index contributed by atoms with van der Waals surface area (Å²) in [6.45, 7) is 6.75. The largest absolute Gasteiger partial charge is 0.290 e. The summed E-state index contributed by atoms with van der Waals surface area (Å²) in [7, 11) is 0. The zero-order valence-corrected chi connectivity index (χ0v) is 11.8. The van der Waals surface area contributed by atoms with Gasteiger partial charge in [-0.05, 0) is 30.2 Å². The first-order valence-corrected chi connectivity index (χ1v) is 6.79. The van der Waals surface area contributed by atoms with E-state index in [-0.39, 0.29) is 15.9 Å². The van der Waals surface area contributed by atoms with Crippen LogP contribution in [-0.4, -0.2) is 0 Å². The molecule has 0 bridgehead atoms. The van der Waals surface area contributed by atoms with Gasteiger partial charge in [-0.15, -0.1) is 0 Å². The van der Waals surface area contributed by atoms with E-state index in [1.807, 2.05) is 18.2 Å². The molecule has 2 unspecified atom stereocenters. The summed E-state index contributed by atoms with van der Waals surface area (Å²) in [6.07, 6.45) is 3.35. The second-order valence-electron chi connectivity index (χ2n) is 6.23. The van der Waals surface area contributed by atoms with E-state index in [1.165, 1.54) is 12.8 Å². The van der Waals surface area contributed by atoms with Crippen molar-refractivity contribution in [3.05, 3.63) is 29.8 Å². The predicted molar refractivity (Wildman–Crippen MR) is 74.0 cm³/mol. The fourth-order valence-electron chi connectivity index (χ4n) is 3.28. The average molecular weight is 249 g/mol. The number of rotatable bonds is 1. The summed E-state index contributed by atoms with van der Waals surface area (Å²) in [4.78, 5) is 0. The molecule has 1 radical (unpaired) electrons. The van der Waals surface area contributed by atoms with Crippen LogP contribution in [0.5, 0.6) is 5.75 Å². The first kappa shape index (κ1) is 12.8. The van der Waals surface area contributed by atoms with Crippen molar-refractivity contribution in [2.75, 3.05) is 0 Å². The molecule has 1 aromatic carbocycles. The SMILES string of the molecule is CC(C)(C)C1CCCC1(S)c1ccccc1[O]. The van der Waals surface area contributed by atoms with E-state index in [9.17, 15) is 5.11 Å². The van der Waals surface area contributed by atoms with E-state index >= 15 is 0 Å². The Morgan fingerprint density at radius 2 is 1.94 bits per heavy atom.